The van der Waals surface area contributed by atoms with Crippen molar-refractivity contribution in [1.29, 1.82) is 0 Å². The van der Waals surface area contributed by atoms with Crippen LogP contribution in [0.4, 0.5) is 0 Å². The normalized spacial score (nSPS) is 17.8. The molecule has 5 heteroatoms. The predicted octanol–water partition coefficient (Wildman–Crippen LogP) is 2.35. The quantitative estimate of drug-likeness (QED) is 0.428. The van der Waals surface area contributed by atoms with Crippen molar-refractivity contribution in [3.05, 3.63) is 0 Å². The number of carbonyl (C=O) groups excluding carboxylic acids is 1. The first kappa shape index (κ1) is 17.8. The number of aliphatic hydroxyl groups excluding tert-OH is 1. The molecule has 0 radical (unpaired) electrons. The summed E-state index contributed by atoms with van der Waals surface area (Å²) in [5, 5.41) is 12.2. The number of esters is 1. The van der Waals surface area contributed by atoms with Crippen LogP contribution in [0.5, 0.6) is 0 Å². The van der Waals surface area contributed by atoms with Crippen molar-refractivity contribution in [1.82, 2.24) is 5.32 Å². The Hall–Kier alpha value is -0.260. The van der Waals surface area contributed by atoms with Gasteiger partial charge in [0.25, 0.3) is 0 Å². The number of ether oxygens (including phenoxy) is 1. The highest BCUT2D eigenvalue weighted by Gasteiger charge is 2.38. The third kappa shape index (κ3) is 6.95. The molecule has 1 unspecified atom stereocenters. The van der Waals surface area contributed by atoms with Gasteiger partial charge < -0.3 is 9.84 Å². The van der Waals surface area contributed by atoms with E-state index in [-0.39, 0.29) is 12.6 Å². The first-order chi connectivity index (χ1) is 9.62. The van der Waals surface area contributed by atoms with Gasteiger partial charge in [0, 0.05) is 12.6 Å². The molecule has 1 saturated carbocycles. The fraction of sp³-hybridized carbons (Fsp3) is 0.933. The van der Waals surface area contributed by atoms with Gasteiger partial charge in [-0.25, -0.2) is 0 Å². The second-order valence-electron chi connectivity index (χ2n) is 5.62. The van der Waals surface area contributed by atoms with E-state index in [0.717, 1.165) is 37.2 Å². The molecule has 0 saturated heterocycles. The van der Waals surface area contributed by atoms with Crippen molar-refractivity contribution in [2.24, 2.45) is 0 Å². The summed E-state index contributed by atoms with van der Waals surface area (Å²) in [4.78, 5) is 12.1. The van der Waals surface area contributed by atoms with Crippen LogP contribution in [-0.2, 0) is 9.53 Å². The number of nitrogens with one attached hydrogen (secondary N) is 1. The summed E-state index contributed by atoms with van der Waals surface area (Å²) >= 11 is 1.88. The molecule has 0 bridgehead atoms. The molecular formula is C15H29NO3S. The Morgan fingerprint density at radius 2 is 2.05 bits per heavy atom. The molecule has 0 aromatic carbocycles. The Morgan fingerprint density at radius 1 is 1.35 bits per heavy atom. The lowest BCUT2D eigenvalue weighted by molar-refractivity contribution is -0.151. The Bertz CT molecular complexity index is 284. The molecule has 0 amide bonds. The molecular weight excluding hydrogens is 274 g/mol. The summed E-state index contributed by atoms with van der Waals surface area (Å²) in [6.45, 7) is 4.55. The molecule has 0 aromatic rings. The van der Waals surface area contributed by atoms with Crippen LogP contribution in [0, 0.1) is 0 Å². The molecule has 1 aliphatic carbocycles. The summed E-state index contributed by atoms with van der Waals surface area (Å²) in [5.41, 5.74) is -0.521. The van der Waals surface area contributed by atoms with E-state index in [2.05, 4.69) is 5.32 Å². The highest BCUT2D eigenvalue weighted by atomic mass is 32.2. The largest absolute Gasteiger partial charge is 0.465 e. The first-order valence-corrected chi connectivity index (χ1v) is 8.91. The number of unbranched alkanes of at least 4 members (excludes halogenated alkanes) is 1. The van der Waals surface area contributed by atoms with E-state index < -0.39 is 5.54 Å². The minimum absolute atomic E-state index is 0.111. The van der Waals surface area contributed by atoms with Crippen LogP contribution < -0.4 is 5.32 Å². The van der Waals surface area contributed by atoms with E-state index >= 15 is 0 Å². The van der Waals surface area contributed by atoms with Gasteiger partial charge in [-0.15, -0.1) is 0 Å². The van der Waals surface area contributed by atoms with Crippen molar-refractivity contribution in [3.63, 3.8) is 0 Å². The number of hydrogen-bond donors (Lipinski definition) is 2. The second-order valence-corrected chi connectivity index (χ2v) is 6.84. The van der Waals surface area contributed by atoms with Gasteiger partial charge in [0.2, 0.25) is 0 Å². The Balaban J connectivity index is 2.23. The summed E-state index contributed by atoms with van der Waals surface area (Å²) < 4.78 is 5.21. The van der Waals surface area contributed by atoms with Crippen molar-refractivity contribution in [3.8, 4) is 0 Å². The van der Waals surface area contributed by atoms with Gasteiger partial charge in [0.15, 0.2) is 0 Å². The summed E-state index contributed by atoms with van der Waals surface area (Å²) in [7, 11) is 0. The number of carbonyl (C=O) groups is 1. The minimum Gasteiger partial charge on any atom is -0.465 e. The SMILES string of the molecule is CCOC(=O)C(C)(CCCCSCCCO)NC1CC1. The van der Waals surface area contributed by atoms with Crippen LogP contribution in [0.2, 0.25) is 0 Å². The number of hydrogen-bond acceptors (Lipinski definition) is 5. The van der Waals surface area contributed by atoms with E-state index in [1.807, 2.05) is 25.6 Å². The molecule has 0 aromatic heterocycles. The van der Waals surface area contributed by atoms with Gasteiger partial charge in [0.05, 0.1) is 6.61 Å². The number of aliphatic hydroxyl groups is 1. The maximum atomic E-state index is 12.1. The molecule has 1 atom stereocenters. The van der Waals surface area contributed by atoms with Crippen molar-refractivity contribution >= 4 is 17.7 Å². The van der Waals surface area contributed by atoms with Gasteiger partial charge in [-0.3, -0.25) is 10.1 Å². The van der Waals surface area contributed by atoms with Crippen molar-refractivity contribution in [2.45, 2.75) is 64.0 Å². The molecule has 0 heterocycles. The number of rotatable bonds is 12. The van der Waals surface area contributed by atoms with E-state index in [9.17, 15) is 4.79 Å². The number of thioether (sulfide) groups is 1. The van der Waals surface area contributed by atoms with Gasteiger partial charge in [0.1, 0.15) is 5.54 Å². The van der Waals surface area contributed by atoms with Gasteiger partial charge in [-0.1, -0.05) is 6.42 Å². The maximum Gasteiger partial charge on any atom is 0.326 e. The highest BCUT2D eigenvalue weighted by Crippen LogP contribution is 2.26. The first-order valence-electron chi connectivity index (χ1n) is 7.76. The fourth-order valence-electron chi connectivity index (χ4n) is 2.15. The minimum atomic E-state index is -0.521. The van der Waals surface area contributed by atoms with Crippen LogP contribution in [0.1, 0.15) is 52.4 Å². The average Bonchev–Trinajstić information content (AvgIpc) is 3.22. The summed E-state index contributed by atoms with van der Waals surface area (Å²) in [5.74, 6) is 2.01. The lowest BCUT2D eigenvalue weighted by Crippen LogP contribution is -2.51. The van der Waals surface area contributed by atoms with E-state index in [1.54, 1.807) is 0 Å². The lowest BCUT2D eigenvalue weighted by atomic mass is 9.94. The van der Waals surface area contributed by atoms with Crippen LogP contribution in [-0.4, -0.2) is 47.4 Å². The van der Waals surface area contributed by atoms with E-state index in [4.69, 9.17) is 9.84 Å². The Morgan fingerprint density at radius 3 is 2.65 bits per heavy atom. The standard InChI is InChI=1S/C15H29NO3S/c1-3-19-14(18)15(2,16-13-7-8-13)9-4-5-11-20-12-6-10-17/h13,16-17H,3-12H2,1-2H3. The molecule has 0 spiro atoms. The van der Waals surface area contributed by atoms with Crippen LogP contribution >= 0.6 is 11.8 Å². The van der Waals surface area contributed by atoms with Crippen LogP contribution in [0.15, 0.2) is 0 Å². The molecule has 118 valence electrons. The molecule has 1 fully saturated rings. The molecule has 20 heavy (non-hydrogen) atoms. The van der Waals surface area contributed by atoms with Crippen molar-refractivity contribution in [2.75, 3.05) is 24.7 Å². The zero-order valence-corrected chi connectivity index (χ0v) is 13.6. The van der Waals surface area contributed by atoms with Gasteiger partial charge in [-0.2, -0.15) is 11.8 Å². The van der Waals surface area contributed by atoms with Gasteiger partial charge >= 0.3 is 5.97 Å². The Kier molecular flexibility index (Phi) is 8.57. The topological polar surface area (TPSA) is 58.6 Å². The molecule has 4 nitrogen and oxygen atoms in total. The van der Waals surface area contributed by atoms with Crippen LogP contribution in [0.3, 0.4) is 0 Å². The second kappa shape index (κ2) is 9.64. The maximum absolute atomic E-state index is 12.1. The predicted molar refractivity (Wildman–Crippen MR) is 84.1 cm³/mol. The smallest absolute Gasteiger partial charge is 0.326 e. The van der Waals surface area contributed by atoms with E-state index in [0.29, 0.717) is 12.6 Å². The van der Waals surface area contributed by atoms with Gasteiger partial charge in [-0.05, 0) is 57.5 Å². The zero-order chi connectivity index (χ0) is 14.8. The monoisotopic (exact) mass is 303 g/mol. The average molecular weight is 303 g/mol. The molecule has 0 aliphatic heterocycles. The molecule has 1 rings (SSSR count). The third-order valence-corrected chi connectivity index (χ3v) is 4.64. The molecule has 1 aliphatic rings. The van der Waals surface area contributed by atoms with E-state index in [1.165, 1.54) is 12.8 Å². The fourth-order valence-corrected chi connectivity index (χ4v) is 3.10. The zero-order valence-electron chi connectivity index (χ0n) is 12.8. The highest BCUT2D eigenvalue weighted by molar-refractivity contribution is 7.99. The summed E-state index contributed by atoms with van der Waals surface area (Å²) in [6.07, 6.45) is 6.19. The van der Waals surface area contributed by atoms with Crippen LogP contribution in [0.25, 0.3) is 0 Å². The summed E-state index contributed by atoms with van der Waals surface area (Å²) in [6, 6.07) is 0.503. The Labute approximate surface area is 127 Å². The lowest BCUT2D eigenvalue weighted by Gasteiger charge is -2.28. The third-order valence-electron chi connectivity index (χ3n) is 3.49. The molecule has 2 N–H and O–H groups in total. The van der Waals surface area contributed by atoms with Crippen molar-refractivity contribution < 1.29 is 14.6 Å².